The molecule has 0 aliphatic carbocycles. The summed E-state index contributed by atoms with van der Waals surface area (Å²) in [7, 11) is 0. The van der Waals surface area contributed by atoms with Crippen molar-refractivity contribution in [3.05, 3.63) is 0 Å². The maximum atomic E-state index is 11.5. The lowest BCUT2D eigenvalue weighted by Gasteiger charge is -2.10. The molecule has 1 unspecified atom stereocenters. The Labute approximate surface area is 68.0 Å². The minimum atomic E-state index is -4.14. The van der Waals surface area contributed by atoms with Crippen LogP contribution in [0.3, 0.4) is 0 Å². The summed E-state index contributed by atoms with van der Waals surface area (Å²) in [5.41, 5.74) is 0. The fraction of sp³-hybridized carbons (Fsp3) is 1.00. The Kier molecular flexibility index (Phi) is 4.92. The highest BCUT2D eigenvalue weighted by Gasteiger charge is 2.27. The number of hydrogen-bond acceptors (Lipinski definition) is 2. The van der Waals surface area contributed by atoms with E-state index in [4.69, 9.17) is 5.11 Å². The molecule has 0 spiro atoms. The summed E-state index contributed by atoms with van der Waals surface area (Å²) in [4.78, 5) is 0. The van der Waals surface area contributed by atoms with Gasteiger partial charge in [0.2, 0.25) is 0 Å². The van der Waals surface area contributed by atoms with E-state index in [1.807, 2.05) is 0 Å². The predicted molar refractivity (Wildman–Crippen MR) is 39.7 cm³/mol. The third-order valence-corrected chi connectivity index (χ3v) is 1.84. The molecule has 0 radical (unpaired) electrons. The van der Waals surface area contributed by atoms with E-state index in [1.54, 1.807) is 6.26 Å². The van der Waals surface area contributed by atoms with Crippen LogP contribution < -0.4 is 0 Å². The quantitative estimate of drug-likeness (QED) is 0.728. The molecule has 0 aromatic carbocycles. The van der Waals surface area contributed by atoms with Gasteiger partial charge >= 0.3 is 6.18 Å². The van der Waals surface area contributed by atoms with Crippen LogP contribution in [-0.4, -0.2) is 29.4 Å². The maximum Gasteiger partial charge on any atom is 0.389 e. The highest BCUT2D eigenvalue weighted by molar-refractivity contribution is 7.98. The number of alkyl halides is 3. The van der Waals surface area contributed by atoms with Crippen LogP contribution in [0.5, 0.6) is 0 Å². The second-order valence-corrected chi connectivity index (χ2v) is 3.17. The lowest BCUT2D eigenvalue weighted by molar-refractivity contribution is -0.139. The van der Waals surface area contributed by atoms with E-state index in [1.165, 1.54) is 11.8 Å². The first-order valence-electron chi connectivity index (χ1n) is 3.19. The molecule has 0 amide bonds. The fourth-order valence-corrected chi connectivity index (χ4v) is 1.16. The summed E-state index contributed by atoms with van der Waals surface area (Å²) in [6.07, 6.45) is -4.30. The third kappa shape index (κ3) is 8.00. The topological polar surface area (TPSA) is 20.2 Å². The van der Waals surface area contributed by atoms with Crippen LogP contribution in [-0.2, 0) is 0 Å². The number of halogens is 3. The molecule has 0 aromatic rings. The van der Waals surface area contributed by atoms with Crippen molar-refractivity contribution < 1.29 is 18.3 Å². The first kappa shape index (κ1) is 11.1. The highest BCUT2D eigenvalue weighted by atomic mass is 32.2. The van der Waals surface area contributed by atoms with Gasteiger partial charge in [-0.2, -0.15) is 24.9 Å². The molecule has 0 bridgehead atoms. The number of thioether (sulfide) groups is 1. The van der Waals surface area contributed by atoms with E-state index < -0.39 is 18.7 Å². The molecule has 1 N–H and O–H groups in total. The van der Waals surface area contributed by atoms with Gasteiger partial charge in [-0.15, -0.1) is 0 Å². The average Bonchev–Trinajstić information content (AvgIpc) is 1.83. The summed E-state index contributed by atoms with van der Waals surface area (Å²) >= 11 is 1.34. The third-order valence-electron chi connectivity index (χ3n) is 1.12. The van der Waals surface area contributed by atoms with Crippen molar-refractivity contribution in [1.29, 1.82) is 0 Å². The normalized spacial score (nSPS) is 15.0. The molecule has 5 heteroatoms. The SMILES string of the molecule is CSCC(O)CCC(F)(F)F. The number of aliphatic hydroxyl groups excluding tert-OH is 1. The van der Waals surface area contributed by atoms with E-state index in [-0.39, 0.29) is 6.42 Å². The summed E-state index contributed by atoms with van der Waals surface area (Å²) in [6, 6.07) is 0. The van der Waals surface area contributed by atoms with Crippen molar-refractivity contribution >= 4 is 11.8 Å². The van der Waals surface area contributed by atoms with E-state index >= 15 is 0 Å². The van der Waals surface area contributed by atoms with Gasteiger partial charge in [0.1, 0.15) is 0 Å². The minimum Gasteiger partial charge on any atom is -0.392 e. The van der Waals surface area contributed by atoms with Gasteiger partial charge in [0, 0.05) is 12.2 Å². The summed E-state index contributed by atoms with van der Waals surface area (Å²) in [5, 5.41) is 8.89. The molecule has 1 atom stereocenters. The smallest absolute Gasteiger partial charge is 0.389 e. The van der Waals surface area contributed by atoms with Crippen molar-refractivity contribution in [2.24, 2.45) is 0 Å². The zero-order chi connectivity index (χ0) is 8.91. The van der Waals surface area contributed by atoms with Gasteiger partial charge in [0.25, 0.3) is 0 Å². The Balaban J connectivity index is 3.38. The van der Waals surface area contributed by atoms with Gasteiger partial charge in [0.05, 0.1) is 6.10 Å². The van der Waals surface area contributed by atoms with Crippen LogP contribution in [0.4, 0.5) is 13.2 Å². The van der Waals surface area contributed by atoms with Gasteiger partial charge in [-0.3, -0.25) is 0 Å². The monoisotopic (exact) mass is 188 g/mol. The molecule has 0 saturated heterocycles. The molecular formula is C6H11F3OS. The lowest BCUT2D eigenvalue weighted by Crippen LogP contribution is -2.15. The van der Waals surface area contributed by atoms with Crippen LogP contribution in [0.1, 0.15) is 12.8 Å². The van der Waals surface area contributed by atoms with E-state index in [9.17, 15) is 13.2 Å². The van der Waals surface area contributed by atoms with E-state index in [0.717, 1.165) is 0 Å². The van der Waals surface area contributed by atoms with Gasteiger partial charge < -0.3 is 5.11 Å². The average molecular weight is 188 g/mol. The van der Waals surface area contributed by atoms with Crippen molar-refractivity contribution in [3.8, 4) is 0 Å². The van der Waals surface area contributed by atoms with Gasteiger partial charge in [-0.05, 0) is 12.7 Å². The Bertz CT molecular complexity index is 104. The van der Waals surface area contributed by atoms with Crippen molar-refractivity contribution in [2.75, 3.05) is 12.0 Å². The van der Waals surface area contributed by atoms with Gasteiger partial charge in [0.15, 0.2) is 0 Å². The molecule has 0 heterocycles. The van der Waals surface area contributed by atoms with Gasteiger partial charge in [-0.1, -0.05) is 0 Å². The van der Waals surface area contributed by atoms with Crippen molar-refractivity contribution in [1.82, 2.24) is 0 Å². The van der Waals surface area contributed by atoms with Crippen molar-refractivity contribution in [3.63, 3.8) is 0 Å². The summed E-state index contributed by atoms with van der Waals surface area (Å²) < 4.78 is 34.6. The second kappa shape index (κ2) is 4.87. The Morgan fingerprint density at radius 2 is 2.00 bits per heavy atom. The van der Waals surface area contributed by atoms with E-state index in [0.29, 0.717) is 5.75 Å². The zero-order valence-corrected chi connectivity index (χ0v) is 7.00. The summed E-state index contributed by atoms with van der Waals surface area (Å²) in [6.45, 7) is 0. The molecule has 68 valence electrons. The highest BCUT2D eigenvalue weighted by Crippen LogP contribution is 2.22. The molecule has 0 saturated carbocycles. The Hall–Kier alpha value is 0.100. The second-order valence-electron chi connectivity index (χ2n) is 2.26. The van der Waals surface area contributed by atoms with Gasteiger partial charge in [-0.25, -0.2) is 0 Å². The standard InChI is InChI=1S/C6H11F3OS/c1-11-4-5(10)2-3-6(7,8)9/h5,10H,2-4H2,1H3. The number of hydrogen-bond donors (Lipinski definition) is 1. The Morgan fingerprint density at radius 1 is 1.45 bits per heavy atom. The van der Waals surface area contributed by atoms with Crippen molar-refractivity contribution in [2.45, 2.75) is 25.1 Å². The van der Waals surface area contributed by atoms with Crippen LogP contribution >= 0.6 is 11.8 Å². The molecular weight excluding hydrogens is 177 g/mol. The summed E-state index contributed by atoms with van der Waals surface area (Å²) in [5.74, 6) is 0.371. The van der Waals surface area contributed by atoms with E-state index in [2.05, 4.69) is 0 Å². The van der Waals surface area contributed by atoms with Crippen LogP contribution in [0, 0.1) is 0 Å². The molecule has 0 aliphatic rings. The molecule has 0 fully saturated rings. The minimum absolute atomic E-state index is 0.190. The molecule has 0 aliphatic heterocycles. The molecule has 11 heavy (non-hydrogen) atoms. The number of rotatable bonds is 4. The fourth-order valence-electron chi connectivity index (χ4n) is 0.606. The zero-order valence-electron chi connectivity index (χ0n) is 6.19. The largest absolute Gasteiger partial charge is 0.392 e. The lowest BCUT2D eigenvalue weighted by atomic mass is 10.2. The van der Waals surface area contributed by atoms with Crippen LogP contribution in [0.15, 0.2) is 0 Å². The predicted octanol–water partition coefficient (Wildman–Crippen LogP) is 2.05. The Morgan fingerprint density at radius 3 is 2.36 bits per heavy atom. The first-order valence-corrected chi connectivity index (χ1v) is 4.59. The molecule has 0 rings (SSSR count). The molecule has 0 aromatic heterocycles. The molecule has 1 nitrogen and oxygen atoms in total. The van der Waals surface area contributed by atoms with Crippen LogP contribution in [0.25, 0.3) is 0 Å². The number of aliphatic hydroxyl groups is 1. The maximum absolute atomic E-state index is 11.5. The first-order chi connectivity index (χ1) is 4.95. The van der Waals surface area contributed by atoms with Crippen LogP contribution in [0.2, 0.25) is 0 Å².